The number of likely N-dealkylation sites (tertiary alicyclic amines) is 1. The average molecular weight is 375 g/mol. The SMILES string of the molecule is COC(=O)C=Cc1ccc(C2CCCN2CCc2cnc3ccccn23)cc1. The molecule has 0 amide bonds. The number of nitrogens with zero attached hydrogens (tertiary/aromatic N) is 3. The summed E-state index contributed by atoms with van der Waals surface area (Å²) in [5.74, 6) is -0.335. The van der Waals surface area contributed by atoms with Crippen LogP contribution in [0.2, 0.25) is 0 Å². The second-order valence-electron chi connectivity index (χ2n) is 7.15. The average Bonchev–Trinajstić information content (AvgIpc) is 3.37. The highest BCUT2D eigenvalue weighted by molar-refractivity contribution is 5.86. The van der Waals surface area contributed by atoms with E-state index in [0.717, 1.165) is 30.7 Å². The highest BCUT2D eigenvalue weighted by Crippen LogP contribution is 2.32. The van der Waals surface area contributed by atoms with Gasteiger partial charge < -0.3 is 9.14 Å². The molecule has 0 radical (unpaired) electrons. The van der Waals surface area contributed by atoms with Crippen LogP contribution >= 0.6 is 0 Å². The second kappa shape index (κ2) is 8.40. The number of rotatable bonds is 6. The molecule has 4 rings (SSSR count). The molecule has 1 unspecified atom stereocenters. The number of aromatic nitrogens is 2. The van der Waals surface area contributed by atoms with Crippen LogP contribution in [0.3, 0.4) is 0 Å². The van der Waals surface area contributed by atoms with Gasteiger partial charge in [0.05, 0.1) is 7.11 Å². The second-order valence-corrected chi connectivity index (χ2v) is 7.15. The van der Waals surface area contributed by atoms with E-state index >= 15 is 0 Å². The minimum absolute atomic E-state index is 0.335. The molecule has 0 aliphatic carbocycles. The van der Waals surface area contributed by atoms with Gasteiger partial charge in [-0.15, -0.1) is 0 Å². The largest absolute Gasteiger partial charge is 0.466 e. The lowest BCUT2D eigenvalue weighted by Gasteiger charge is -2.24. The summed E-state index contributed by atoms with van der Waals surface area (Å²) in [5.41, 5.74) is 4.60. The van der Waals surface area contributed by atoms with Crippen molar-refractivity contribution in [2.45, 2.75) is 25.3 Å². The van der Waals surface area contributed by atoms with Crippen molar-refractivity contribution in [2.24, 2.45) is 0 Å². The molecule has 5 nitrogen and oxygen atoms in total. The molecule has 1 aliphatic heterocycles. The maximum absolute atomic E-state index is 11.2. The molecule has 2 aromatic heterocycles. The van der Waals surface area contributed by atoms with E-state index in [9.17, 15) is 4.79 Å². The van der Waals surface area contributed by atoms with Crippen molar-refractivity contribution in [3.05, 3.63) is 77.8 Å². The van der Waals surface area contributed by atoms with Crippen LogP contribution in [0.4, 0.5) is 0 Å². The fraction of sp³-hybridized carbons (Fsp3) is 0.304. The third-order valence-electron chi connectivity index (χ3n) is 5.45. The Labute approximate surface area is 165 Å². The van der Waals surface area contributed by atoms with Gasteiger partial charge in [0.2, 0.25) is 0 Å². The van der Waals surface area contributed by atoms with Crippen LogP contribution in [-0.4, -0.2) is 40.5 Å². The van der Waals surface area contributed by atoms with Crippen molar-refractivity contribution >= 4 is 17.7 Å². The molecule has 3 heterocycles. The van der Waals surface area contributed by atoms with E-state index in [0.29, 0.717) is 6.04 Å². The first kappa shape index (κ1) is 18.4. The monoisotopic (exact) mass is 375 g/mol. The quantitative estimate of drug-likeness (QED) is 0.484. The molecule has 0 saturated carbocycles. The number of pyridine rings is 1. The summed E-state index contributed by atoms with van der Waals surface area (Å²) < 4.78 is 6.81. The van der Waals surface area contributed by atoms with Crippen LogP contribution in [-0.2, 0) is 16.0 Å². The molecule has 3 aromatic rings. The van der Waals surface area contributed by atoms with Gasteiger partial charge in [-0.1, -0.05) is 30.3 Å². The number of methoxy groups -OCH3 is 1. The molecule has 144 valence electrons. The number of fused-ring (bicyclic) bond motifs is 1. The fourth-order valence-corrected chi connectivity index (χ4v) is 3.96. The zero-order chi connectivity index (χ0) is 19.3. The number of hydrogen-bond donors (Lipinski definition) is 0. The summed E-state index contributed by atoms with van der Waals surface area (Å²) in [6.07, 6.45) is 10.7. The van der Waals surface area contributed by atoms with Crippen molar-refractivity contribution in [2.75, 3.05) is 20.2 Å². The Morgan fingerprint density at radius 3 is 2.93 bits per heavy atom. The van der Waals surface area contributed by atoms with E-state index in [4.69, 9.17) is 0 Å². The van der Waals surface area contributed by atoms with Gasteiger partial charge in [0.25, 0.3) is 0 Å². The fourth-order valence-electron chi connectivity index (χ4n) is 3.96. The number of ether oxygens (including phenoxy) is 1. The van der Waals surface area contributed by atoms with Gasteiger partial charge in [-0.2, -0.15) is 0 Å². The lowest BCUT2D eigenvalue weighted by Crippen LogP contribution is -2.26. The Bertz CT molecular complexity index is 975. The Hall–Kier alpha value is -2.92. The van der Waals surface area contributed by atoms with Crippen LogP contribution < -0.4 is 0 Å². The summed E-state index contributed by atoms with van der Waals surface area (Å²) in [6.45, 7) is 2.16. The Kier molecular flexibility index (Phi) is 5.53. The molecule has 1 atom stereocenters. The smallest absolute Gasteiger partial charge is 0.330 e. The first-order valence-corrected chi connectivity index (χ1v) is 9.75. The maximum atomic E-state index is 11.2. The molecule has 28 heavy (non-hydrogen) atoms. The number of esters is 1. The van der Waals surface area contributed by atoms with Gasteiger partial charge >= 0.3 is 5.97 Å². The van der Waals surface area contributed by atoms with Gasteiger partial charge in [-0.05, 0) is 48.7 Å². The van der Waals surface area contributed by atoms with E-state index in [1.807, 2.05) is 24.4 Å². The normalized spacial score (nSPS) is 17.5. The lowest BCUT2D eigenvalue weighted by atomic mass is 10.0. The van der Waals surface area contributed by atoms with Crippen molar-refractivity contribution < 1.29 is 9.53 Å². The third kappa shape index (κ3) is 3.99. The highest BCUT2D eigenvalue weighted by Gasteiger charge is 2.25. The van der Waals surface area contributed by atoms with Crippen molar-refractivity contribution in [3.63, 3.8) is 0 Å². The maximum Gasteiger partial charge on any atom is 0.330 e. The summed E-state index contributed by atoms with van der Waals surface area (Å²) >= 11 is 0. The molecule has 0 spiro atoms. The first-order chi connectivity index (χ1) is 13.7. The number of carbonyl (C=O) groups is 1. The van der Waals surface area contributed by atoms with Gasteiger partial charge in [0.1, 0.15) is 5.65 Å². The van der Waals surface area contributed by atoms with E-state index in [1.54, 1.807) is 6.08 Å². The van der Waals surface area contributed by atoms with Gasteiger partial charge in [0.15, 0.2) is 0 Å². The molecule has 0 bridgehead atoms. The first-order valence-electron chi connectivity index (χ1n) is 9.75. The number of hydrogen-bond acceptors (Lipinski definition) is 4. The minimum Gasteiger partial charge on any atom is -0.466 e. The topological polar surface area (TPSA) is 46.8 Å². The van der Waals surface area contributed by atoms with Crippen molar-refractivity contribution in [1.82, 2.24) is 14.3 Å². The van der Waals surface area contributed by atoms with Crippen molar-refractivity contribution in [1.29, 1.82) is 0 Å². The Morgan fingerprint density at radius 2 is 2.11 bits per heavy atom. The molecule has 1 aromatic carbocycles. The predicted octanol–water partition coefficient (Wildman–Crippen LogP) is 3.90. The summed E-state index contributed by atoms with van der Waals surface area (Å²) in [7, 11) is 1.39. The van der Waals surface area contributed by atoms with E-state index in [-0.39, 0.29) is 5.97 Å². The summed E-state index contributed by atoms with van der Waals surface area (Å²) in [6, 6.07) is 15.0. The molecule has 1 fully saturated rings. The van der Waals surface area contributed by atoms with Crippen LogP contribution in [0.15, 0.2) is 60.9 Å². The molecule has 5 heteroatoms. The zero-order valence-electron chi connectivity index (χ0n) is 16.1. The van der Waals surface area contributed by atoms with Gasteiger partial charge in [-0.3, -0.25) is 4.90 Å². The van der Waals surface area contributed by atoms with E-state index in [2.05, 4.69) is 49.5 Å². The molecule has 0 N–H and O–H groups in total. The number of carbonyl (C=O) groups excluding carboxylic acids is 1. The lowest BCUT2D eigenvalue weighted by molar-refractivity contribution is -0.134. The van der Waals surface area contributed by atoms with Crippen LogP contribution in [0.5, 0.6) is 0 Å². The third-order valence-corrected chi connectivity index (χ3v) is 5.45. The molecule has 1 aliphatic rings. The summed E-state index contributed by atoms with van der Waals surface area (Å²) in [5, 5.41) is 0. The Balaban J connectivity index is 1.42. The van der Waals surface area contributed by atoms with Crippen LogP contribution in [0.25, 0.3) is 11.7 Å². The minimum atomic E-state index is -0.335. The predicted molar refractivity (Wildman–Crippen MR) is 110 cm³/mol. The van der Waals surface area contributed by atoms with E-state index in [1.165, 1.54) is 37.3 Å². The molecular formula is C23H25N3O2. The highest BCUT2D eigenvalue weighted by atomic mass is 16.5. The summed E-state index contributed by atoms with van der Waals surface area (Å²) in [4.78, 5) is 18.3. The van der Waals surface area contributed by atoms with Gasteiger partial charge in [-0.25, -0.2) is 9.78 Å². The number of imidazole rings is 1. The Morgan fingerprint density at radius 1 is 1.25 bits per heavy atom. The van der Waals surface area contributed by atoms with Crippen molar-refractivity contribution in [3.8, 4) is 0 Å². The standard InChI is InChI=1S/C23H25N3O2/c1-28-23(27)12-9-18-7-10-19(11-8-18)21-5-4-14-25(21)16-13-20-17-24-22-6-2-3-15-26(20)22/h2-3,6-12,15,17,21H,4-5,13-14,16H2,1H3. The van der Waals surface area contributed by atoms with E-state index < -0.39 is 0 Å². The molecule has 1 saturated heterocycles. The van der Waals surface area contributed by atoms with Crippen LogP contribution in [0.1, 0.15) is 35.7 Å². The molecular weight excluding hydrogens is 350 g/mol. The van der Waals surface area contributed by atoms with Crippen LogP contribution in [0, 0.1) is 0 Å². The van der Waals surface area contributed by atoms with Gasteiger partial charge in [0, 0.05) is 43.2 Å². The number of benzene rings is 1. The zero-order valence-corrected chi connectivity index (χ0v) is 16.1.